The van der Waals surface area contributed by atoms with Crippen molar-refractivity contribution in [2.75, 3.05) is 32.8 Å². The van der Waals surface area contributed by atoms with Gasteiger partial charge in [0.2, 0.25) is 0 Å². The average molecular weight is 319 g/mol. The summed E-state index contributed by atoms with van der Waals surface area (Å²) in [7, 11) is 0. The molecule has 3 rings (SSSR count). The molecule has 2 fully saturated rings. The summed E-state index contributed by atoms with van der Waals surface area (Å²) in [6.45, 7) is 3.98. The van der Waals surface area contributed by atoms with Crippen LogP contribution >= 0.6 is 0 Å². The summed E-state index contributed by atoms with van der Waals surface area (Å²) in [5.41, 5.74) is 0.664. The lowest BCUT2D eigenvalue weighted by molar-refractivity contribution is -0.0889. The first-order chi connectivity index (χ1) is 11.1. The fraction of sp³-hybridized carbons (Fsp3) is 0.684. The number of nitrogens with zero attached hydrogens (tertiary/aromatic N) is 1. The van der Waals surface area contributed by atoms with E-state index in [2.05, 4.69) is 35.2 Å². The van der Waals surface area contributed by atoms with Crippen molar-refractivity contribution in [1.29, 1.82) is 0 Å². The maximum atomic E-state index is 10.5. The van der Waals surface area contributed by atoms with Gasteiger partial charge in [0, 0.05) is 32.7 Å². The van der Waals surface area contributed by atoms with Gasteiger partial charge in [-0.15, -0.1) is 0 Å². The minimum absolute atomic E-state index is 0.450. The Bertz CT molecular complexity index is 473. The van der Waals surface area contributed by atoms with Gasteiger partial charge in [-0.2, -0.15) is 0 Å². The number of aliphatic hydroxyl groups excluding tert-OH is 1. The standard InChI is InChI=1S/C19H29NO3/c21-18(13-19(22)7-10-23-11-8-19)15-20-9-6-17(14-20)12-16-4-2-1-3-5-16/h1-5,17-18,21-22H,6-15H2. The first-order valence-electron chi connectivity index (χ1n) is 8.87. The molecule has 0 bridgehead atoms. The fourth-order valence-corrected chi connectivity index (χ4v) is 3.95. The van der Waals surface area contributed by atoms with Crippen LogP contribution in [0.2, 0.25) is 0 Å². The number of benzene rings is 1. The topological polar surface area (TPSA) is 52.9 Å². The molecule has 0 radical (unpaired) electrons. The molecular formula is C19H29NO3. The van der Waals surface area contributed by atoms with Gasteiger partial charge < -0.3 is 19.8 Å². The summed E-state index contributed by atoms with van der Waals surface area (Å²) in [6, 6.07) is 10.6. The van der Waals surface area contributed by atoms with E-state index in [1.54, 1.807) is 0 Å². The zero-order valence-corrected chi connectivity index (χ0v) is 13.9. The molecule has 2 N–H and O–H groups in total. The quantitative estimate of drug-likeness (QED) is 0.840. The number of likely N-dealkylation sites (tertiary alicyclic amines) is 1. The Morgan fingerprint density at radius 1 is 1.22 bits per heavy atom. The van der Waals surface area contributed by atoms with Crippen LogP contribution in [0, 0.1) is 5.92 Å². The summed E-state index contributed by atoms with van der Waals surface area (Å²) >= 11 is 0. The Balaban J connectivity index is 1.42. The number of β-amino-alcohol motifs (C(OH)–C–C–N with tert-alkyl or cyclic N) is 1. The van der Waals surface area contributed by atoms with Crippen LogP contribution in [0.15, 0.2) is 30.3 Å². The van der Waals surface area contributed by atoms with Gasteiger partial charge in [-0.3, -0.25) is 0 Å². The Morgan fingerprint density at radius 2 is 1.96 bits per heavy atom. The molecule has 0 amide bonds. The van der Waals surface area contributed by atoms with E-state index in [0.29, 0.717) is 44.9 Å². The van der Waals surface area contributed by atoms with Crippen LogP contribution in [0.1, 0.15) is 31.2 Å². The van der Waals surface area contributed by atoms with E-state index in [9.17, 15) is 10.2 Å². The number of hydrogen-bond acceptors (Lipinski definition) is 4. The van der Waals surface area contributed by atoms with Crippen LogP contribution < -0.4 is 0 Å². The minimum Gasteiger partial charge on any atom is -0.392 e. The summed E-state index contributed by atoms with van der Waals surface area (Å²) in [5, 5.41) is 20.9. The van der Waals surface area contributed by atoms with E-state index in [0.717, 1.165) is 19.5 Å². The van der Waals surface area contributed by atoms with E-state index >= 15 is 0 Å². The zero-order chi connectivity index (χ0) is 16.1. The maximum absolute atomic E-state index is 10.5. The van der Waals surface area contributed by atoms with Crippen molar-refractivity contribution in [3.05, 3.63) is 35.9 Å². The van der Waals surface area contributed by atoms with E-state index < -0.39 is 11.7 Å². The SMILES string of the molecule is OC(CN1CCC(Cc2ccccc2)C1)CC1(O)CCOCC1. The van der Waals surface area contributed by atoms with Crippen LogP contribution in [0.3, 0.4) is 0 Å². The summed E-state index contributed by atoms with van der Waals surface area (Å²) in [6.07, 6.45) is 3.61. The molecule has 1 aromatic carbocycles. The summed E-state index contributed by atoms with van der Waals surface area (Å²) < 4.78 is 5.30. The number of rotatable bonds is 6. The van der Waals surface area contributed by atoms with E-state index in [1.165, 1.54) is 12.0 Å². The van der Waals surface area contributed by atoms with Crippen LogP contribution in [0.5, 0.6) is 0 Å². The highest BCUT2D eigenvalue weighted by molar-refractivity contribution is 5.15. The predicted molar refractivity (Wildman–Crippen MR) is 90.3 cm³/mol. The molecule has 1 aromatic rings. The molecular weight excluding hydrogens is 290 g/mol. The highest BCUT2D eigenvalue weighted by Gasteiger charge is 2.33. The molecule has 4 heteroatoms. The van der Waals surface area contributed by atoms with Crippen molar-refractivity contribution in [1.82, 2.24) is 4.90 Å². The molecule has 23 heavy (non-hydrogen) atoms. The molecule has 2 aliphatic rings. The second-order valence-corrected chi connectivity index (χ2v) is 7.30. The maximum Gasteiger partial charge on any atom is 0.0716 e. The highest BCUT2D eigenvalue weighted by atomic mass is 16.5. The smallest absolute Gasteiger partial charge is 0.0716 e. The van der Waals surface area contributed by atoms with Crippen molar-refractivity contribution >= 4 is 0 Å². The minimum atomic E-state index is -0.735. The Kier molecular flexibility index (Phi) is 5.70. The third-order valence-electron chi connectivity index (χ3n) is 5.25. The lowest BCUT2D eigenvalue weighted by Crippen LogP contribution is -2.42. The van der Waals surface area contributed by atoms with Gasteiger partial charge in [0.15, 0.2) is 0 Å². The van der Waals surface area contributed by atoms with E-state index in [4.69, 9.17) is 4.74 Å². The average Bonchev–Trinajstić information content (AvgIpc) is 2.95. The third kappa shape index (κ3) is 5.01. The van der Waals surface area contributed by atoms with Crippen LogP contribution in [-0.4, -0.2) is 59.7 Å². The number of hydrogen-bond donors (Lipinski definition) is 2. The van der Waals surface area contributed by atoms with Gasteiger partial charge in [-0.25, -0.2) is 0 Å². The first kappa shape index (κ1) is 16.9. The van der Waals surface area contributed by atoms with Gasteiger partial charge in [0.1, 0.15) is 0 Å². The second kappa shape index (κ2) is 7.75. The van der Waals surface area contributed by atoms with E-state index in [1.807, 2.05) is 0 Å². The molecule has 0 saturated carbocycles. The molecule has 2 saturated heterocycles. The normalized spacial score (nSPS) is 26.3. The Labute approximate surface area is 139 Å². The molecule has 0 aromatic heterocycles. The second-order valence-electron chi connectivity index (χ2n) is 7.30. The van der Waals surface area contributed by atoms with Crippen molar-refractivity contribution < 1.29 is 14.9 Å². The number of aliphatic hydroxyl groups is 2. The van der Waals surface area contributed by atoms with Gasteiger partial charge in [-0.05, 0) is 43.7 Å². The molecule has 2 heterocycles. The molecule has 0 aliphatic carbocycles. The van der Waals surface area contributed by atoms with Crippen LogP contribution in [0.4, 0.5) is 0 Å². The van der Waals surface area contributed by atoms with Crippen molar-refractivity contribution in [2.45, 2.75) is 43.8 Å². The van der Waals surface area contributed by atoms with Gasteiger partial charge in [0.05, 0.1) is 11.7 Å². The summed E-state index contributed by atoms with van der Waals surface area (Å²) in [4.78, 5) is 2.35. The monoisotopic (exact) mass is 319 g/mol. The van der Waals surface area contributed by atoms with E-state index in [-0.39, 0.29) is 0 Å². The Morgan fingerprint density at radius 3 is 2.70 bits per heavy atom. The zero-order valence-electron chi connectivity index (χ0n) is 13.9. The first-order valence-corrected chi connectivity index (χ1v) is 8.87. The van der Waals surface area contributed by atoms with Crippen molar-refractivity contribution in [2.24, 2.45) is 5.92 Å². The van der Waals surface area contributed by atoms with Crippen molar-refractivity contribution in [3.63, 3.8) is 0 Å². The molecule has 0 spiro atoms. The molecule has 2 unspecified atom stereocenters. The van der Waals surface area contributed by atoms with Gasteiger partial charge >= 0.3 is 0 Å². The van der Waals surface area contributed by atoms with Crippen LogP contribution in [0.25, 0.3) is 0 Å². The number of ether oxygens (including phenoxy) is 1. The molecule has 2 aliphatic heterocycles. The molecule has 2 atom stereocenters. The Hall–Kier alpha value is -0.940. The third-order valence-corrected chi connectivity index (χ3v) is 5.25. The van der Waals surface area contributed by atoms with Gasteiger partial charge in [0.25, 0.3) is 0 Å². The van der Waals surface area contributed by atoms with Crippen molar-refractivity contribution in [3.8, 4) is 0 Å². The lowest BCUT2D eigenvalue weighted by atomic mass is 9.88. The largest absolute Gasteiger partial charge is 0.392 e. The lowest BCUT2D eigenvalue weighted by Gasteiger charge is -2.34. The molecule has 128 valence electrons. The molecule has 4 nitrogen and oxygen atoms in total. The van der Waals surface area contributed by atoms with Gasteiger partial charge in [-0.1, -0.05) is 30.3 Å². The fourth-order valence-electron chi connectivity index (χ4n) is 3.95. The highest BCUT2D eigenvalue weighted by Crippen LogP contribution is 2.27. The summed E-state index contributed by atoms with van der Waals surface area (Å²) in [5.74, 6) is 0.677. The predicted octanol–water partition coefficient (Wildman–Crippen LogP) is 1.84. The van der Waals surface area contributed by atoms with Crippen LogP contribution in [-0.2, 0) is 11.2 Å².